The van der Waals surface area contributed by atoms with Gasteiger partial charge in [0.2, 0.25) is 5.91 Å². The third kappa shape index (κ3) is 4.46. The number of methoxy groups -OCH3 is 1. The Morgan fingerprint density at radius 3 is 2.77 bits per heavy atom. The number of hydrogen-bond donors (Lipinski definition) is 2. The molecule has 30 heavy (non-hydrogen) atoms. The molecular formula is C23H21N3O3S. The zero-order valence-corrected chi connectivity index (χ0v) is 17.2. The van der Waals surface area contributed by atoms with E-state index in [1.54, 1.807) is 0 Å². The maximum absolute atomic E-state index is 12.5. The maximum Gasteiger partial charge on any atom is 0.328 e. The summed E-state index contributed by atoms with van der Waals surface area (Å²) in [6.07, 6.45) is 2.21. The van der Waals surface area contributed by atoms with Crippen molar-refractivity contribution in [3.05, 3.63) is 72.4 Å². The normalized spacial score (nSPS) is 12.0. The van der Waals surface area contributed by atoms with E-state index in [1.807, 2.05) is 66.9 Å². The number of thioether (sulfide) groups is 1. The number of nitrogens with one attached hydrogen (secondary N) is 2. The van der Waals surface area contributed by atoms with Crippen LogP contribution in [0.25, 0.3) is 21.8 Å². The fourth-order valence-electron chi connectivity index (χ4n) is 3.36. The predicted molar refractivity (Wildman–Crippen MR) is 118 cm³/mol. The molecule has 2 N–H and O–H groups in total. The molecule has 4 rings (SSSR count). The van der Waals surface area contributed by atoms with Gasteiger partial charge in [0.15, 0.2) is 0 Å². The molecule has 0 aliphatic heterocycles. The number of fused-ring (bicyclic) bond motifs is 2. The number of pyridine rings is 1. The number of H-pyrrole nitrogens is 1. The van der Waals surface area contributed by atoms with Gasteiger partial charge in [0.25, 0.3) is 0 Å². The second-order valence-corrected chi connectivity index (χ2v) is 7.83. The molecule has 0 fully saturated rings. The van der Waals surface area contributed by atoms with E-state index in [1.165, 1.54) is 18.9 Å². The minimum absolute atomic E-state index is 0.159. The number of para-hydroxylation sites is 2. The minimum atomic E-state index is -0.758. The van der Waals surface area contributed by atoms with Crippen molar-refractivity contribution in [3.63, 3.8) is 0 Å². The van der Waals surface area contributed by atoms with Gasteiger partial charge >= 0.3 is 5.97 Å². The van der Waals surface area contributed by atoms with Crippen LogP contribution in [0.5, 0.6) is 0 Å². The number of carbonyl (C=O) groups is 2. The van der Waals surface area contributed by atoms with Crippen LogP contribution < -0.4 is 5.32 Å². The fourth-order valence-corrected chi connectivity index (χ4v) is 4.05. The van der Waals surface area contributed by atoms with Gasteiger partial charge in [-0.1, -0.05) is 54.2 Å². The summed E-state index contributed by atoms with van der Waals surface area (Å²) in [5.41, 5.74) is 2.82. The van der Waals surface area contributed by atoms with Gasteiger partial charge in [-0.25, -0.2) is 9.78 Å². The first-order chi connectivity index (χ1) is 14.6. The molecular weight excluding hydrogens is 398 g/mol. The van der Waals surface area contributed by atoms with Gasteiger partial charge in [-0.05, 0) is 23.8 Å². The summed E-state index contributed by atoms with van der Waals surface area (Å²) < 4.78 is 4.90. The predicted octanol–water partition coefficient (Wildman–Crippen LogP) is 3.71. The Balaban J connectivity index is 1.42. The lowest BCUT2D eigenvalue weighted by atomic mass is 10.0. The zero-order valence-electron chi connectivity index (χ0n) is 16.4. The molecule has 1 atom stereocenters. The monoisotopic (exact) mass is 419 g/mol. The van der Waals surface area contributed by atoms with Crippen molar-refractivity contribution >= 4 is 45.4 Å². The van der Waals surface area contributed by atoms with Gasteiger partial charge < -0.3 is 15.0 Å². The van der Waals surface area contributed by atoms with Gasteiger partial charge in [-0.3, -0.25) is 4.79 Å². The van der Waals surface area contributed by atoms with Crippen LogP contribution >= 0.6 is 11.8 Å². The third-order valence-electron chi connectivity index (χ3n) is 4.84. The Hall–Kier alpha value is -3.32. The number of amides is 1. The molecule has 6 nitrogen and oxygen atoms in total. The number of benzene rings is 2. The van der Waals surface area contributed by atoms with Crippen molar-refractivity contribution in [2.45, 2.75) is 17.5 Å². The molecule has 0 saturated heterocycles. The number of aromatic nitrogens is 2. The van der Waals surface area contributed by atoms with E-state index >= 15 is 0 Å². The largest absolute Gasteiger partial charge is 0.467 e. The van der Waals surface area contributed by atoms with Gasteiger partial charge in [0.05, 0.1) is 23.4 Å². The van der Waals surface area contributed by atoms with Crippen LogP contribution in [0.3, 0.4) is 0 Å². The molecule has 0 aliphatic carbocycles. The van der Waals surface area contributed by atoms with E-state index in [0.717, 1.165) is 32.4 Å². The van der Waals surface area contributed by atoms with E-state index in [-0.39, 0.29) is 11.7 Å². The van der Waals surface area contributed by atoms with Crippen molar-refractivity contribution in [1.29, 1.82) is 0 Å². The smallest absolute Gasteiger partial charge is 0.328 e. The second kappa shape index (κ2) is 9.00. The number of rotatable bonds is 7. The standard InChI is InChI=1S/C23H21N3O3S/c1-29-23(28)20(12-16-13-24-19-9-5-3-7-17(16)19)25-21(27)14-30-22-11-10-15-6-2-4-8-18(15)26-22/h2-11,13,20,24H,12,14H2,1H3,(H,25,27)/t20-/m1/s1. The summed E-state index contributed by atoms with van der Waals surface area (Å²) in [5.74, 6) is -0.556. The van der Waals surface area contributed by atoms with Gasteiger partial charge in [0, 0.05) is 28.9 Å². The van der Waals surface area contributed by atoms with Crippen LogP contribution in [0, 0.1) is 0 Å². The lowest BCUT2D eigenvalue weighted by Crippen LogP contribution is -2.43. The number of hydrogen-bond acceptors (Lipinski definition) is 5. The molecule has 4 aromatic rings. The molecule has 2 aromatic heterocycles. The molecule has 1 amide bonds. The minimum Gasteiger partial charge on any atom is -0.467 e. The summed E-state index contributed by atoms with van der Waals surface area (Å²) >= 11 is 1.33. The average Bonchev–Trinajstić information content (AvgIpc) is 3.19. The summed E-state index contributed by atoms with van der Waals surface area (Å²) in [5, 5.41) is 5.64. The van der Waals surface area contributed by atoms with Crippen LogP contribution in [0.2, 0.25) is 0 Å². The van der Waals surface area contributed by atoms with Crippen LogP contribution in [0.4, 0.5) is 0 Å². The molecule has 7 heteroatoms. The highest BCUT2D eigenvalue weighted by Crippen LogP contribution is 2.21. The zero-order chi connectivity index (χ0) is 20.9. The van der Waals surface area contributed by atoms with E-state index in [2.05, 4.69) is 15.3 Å². The molecule has 2 aromatic carbocycles. The van der Waals surface area contributed by atoms with E-state index in [4.69, 9.17) is 4.74 Å². The third-order valence-corrected chi connectivity index (χ3v) is 5.77. The SMILES string of the molecule is COC(=O)[C@@H](Cc1c[nH]c2ccccc12)NC(=O)CSc1ccc2ccccc2n1. The highest BCUT2D eigenvalue weighted by molar-refractivity contribution is 7.99. The first-order valence-corrected chi connectivity index (χ1v) is 10.5. The molecule has 0 unspecified atom stereocenters. The Kier molecular flexibility index (Phi) is 5.99. The summed E-state index contributed by atoms with van der Waals surface area (Å²) in [7, 11) is 1.32. The molecule has 0 bridgehead atoms. The van der Waals surface area contributed by atoms with E-state index in [9.17, 15) is 9.59 Å². The van der Waals surface area contributed by atoms with Crippen LogP contribution in [0.15, 0.2) is 71.9 Å². The lowest BCUT2D eigenvalue weighted by molar-refractivity contribution is -0.144. The van der Waals surface area contributed by atoms with Crippen molar-refractivity contribution in [2.75, 3.05) is 12.9 Å². The number of esters is 1. The van der Waals surface area contributed by atoms with Gasteiger partial charge in [-0.2, -0.15) is 0 Å². The van der Waals surface area contributed by atoms with Crippen molar-refractivity contribution < 1.29 is 14.3 Å². The highest BCUT2D eigenvalue weighted by atomic mass is 32.2. The number of aromatic amines is 1. The molecule has 0 saturated carbocycles. The number of nitrogens with zero attached hydrogens (tertiary/aromatic N) is 1. The van der Waals surface area contributed by atoms with E-state index in [0.29, 0.717) is 6.42 Å². The Morgan fingerprint density at radius 1 is 1.10 bits per heavy atom. The highest BCUT2D eigenvalue weighted by Gasteiger charge is 2.23. The van der Waals surface area contributed by atoms with Crippen molar-refractivity contribution in [2.24, 2.45) is 0 Å². The summed E-state index contributed by atoms with van der Waals surface area (Å²) in [6.45, 7) is 0. The molecule has 0 radical (unpaired) electrons. The molecule has 152 valence electrons. The van der Waals surface area contributed by atoms with Crippen LogP contribution in [-0.4, -0.2) is 40.7 Å². The maximum atomic E-state index is 12.5. The number of carbonyl (C=O) groups excluding carboxylic acids is 2. The molecule has 0 spiro atoms. The first kappa shape index (κ1) is 20.0. The van der Waals surface area contributed by atoms with Gasteiger partial charge in [-0.15, -0.1) is 0 Å². The Labute approximate surface area is 178 Å². The second-order valence-electron chi connectivity index (χ2n) is 6.84. The fraction of sp³-hybridized carbons (Fsp3) is 0.174. The quantitative estimate of drug-likeness (QED) is 0.352. The Bertz CT molecular complexity index is 1200. The number of ether oxygens (including phenoxy) is 1. The first-order valence-electron chi connectivity index (χ1n) is 9.55. The lowest BCUT2D eigenvalue weighted by Gasteiger charge is -2.16. The molecule has 0 aliphatic rings. The van der Waals surface area contributed by atoms with Crippen LogP contribution in [0.1, 0.15) is 5.56 Å². The Morgan fingerprint density at radius 2 is 1.90 bits per heavy atom. The van der Waals surface area contributed by atoms with Crippen LogP contribution in [-0.2, 0) is 20.7 Å². The topological polar surface area (TPSA) is 84.1 Å². The van der Waals surface area contributed by atoms with Crippen molar-refractivity contribution in [3.8, 4) is 0 Å². The van der Waals surface area contributed by atoms with Crippen molar-refractivity contribution in [1.82, 2.24) is 15.3 Å². The average molecular weight is 420 g/mol. The van der Waals surface area contributed by atoms with E-state index < -0.39 is 12.0 Å². The summed E-state index contributed by atoms with van der Waals surface area (Å²) in [6, 6.07) is 18.8. The molecule has 2 heterocycles. The van der Waals surface area contributed by atoms with Gasteiger partial charge in [0.1, 0.15) is 6.04 Å². The summed E-state index contributed by atoms with van der Waals surface area (Å²) in [4.78, 5) is 32.5.